The van der Waals surface area contributed by atoms with Crippen LogP contribution in [-0.4, -0.2) is 51.9 Å². The molecule has 0 aliphatic carbocycles. The van der Waals surface area contributed by atoms with Gasteiger partial charge in [-0.3, -0.25) is 9.59 Å². The molecule has 0 radical (unpaired) electrons. The number of ether oxygens (including phenoxy) is 4. The fourth-order valence-electron chi connectivity index (χ4n) is 3.25. The van der Waals surface area contributed by atoms with Gasteiger partial charge in [0.15, 0.2) is 17.2 Å². The highest BCUT2D eigenvalue weighted by atomic mass is 79.9. The zero-order valence-corrected chi connectivity index (χ0v) is 25.6. The summed E-state index contributed by atoms with van der Waals surface area (Å²) in [5.41, 5.74) is 3.25. The lowest BCUT2D eigenvalue weighted by Crippen LogP contribution is -2.35. The van der Waals surface area contributed by atoms with Crippen molar-refractivity contribution in [3.63, 3.8) is 0 Å². The van der Waals surface area contributed by atoms with E-state index in [1.807, 2.05) is 0 Å². The van der Waals surface area contributed by atoms with Crippen LogP contribution in [0.2, 0.25) is 0 Å². The molecule has 13 heteroatoms. The van der Waals surface area contributed by atoms with Crippen LogP contribution in [-0.2, 0) is 4.79 Å². The van der Waals surface area contributed by atoms with Crippen LogP contribution in [0.15, 0.2) is 67.1 Å². The predicted octanol–water partition coefficient (Wildman–Crippen LogP) is 5.10. The van der Waals surface area contributed by atoms with E-state index in [4.69, 9.17) is 18.9 Å². The van der Waals surface area contributed by atoms with Gasteiger partial charge in [0.25, 0.3) is 11.8 Å². The number of hydrogen-bond acceptors (Lipinski definition) is 8. The summed E-state index contributed by atoms with van der Waals surface area (Å²) in [6.45, 7) is -0.303. The van der Waals surface area contributed by atoms with Gasteiger partial charge in [0.1, 0.15) is 0 Å². The number of carbonyl (C=O) groups is 3. The minimum absolute atomic E-state index is 0.149. The number of methoxy groups -OCH3 is 3. The molecule has 2 N–H and O–H groups in total. The summed E-state index contributed by atoms with van der Waals surface area (Å²) < 4.78 is 23.3. The molecule has 0 aliphatic heterocycles. The Morgan fingerprint density at radius 2 is 1.54 bits per heavy atom. The third-order valence-electron chi connectivity index (χ3n) is 5.05. The van der Waals surface area contributed by atoms with Crippen molar-refractivity contribution in [2.45, 2.75) is 0 Å². The number of rotatable bonds is 10. The minimum atomic E-state index is -0.703. The molecule has 0 saturated heterocycles. The van der Waals surface area contributed by atoms with Gasteiger partial charge >= 0.3 is 5.97 Å². The van der Waals surface area contributed by atoms with E-state index in [1.165, 1.54) is 39.7 Å². The minimum Gasteiger partial charge on any atom is -0.493 e. The molecule has 2 amide bonds. The summed E-state index contributed by atoms with van der Waals surface area (Å²) in [6, 6.07) is 13.1. The average Bonchev–Trinajstić information content (AvgIpc) is 2.92. The van der Waals surface area contributed by atoms with Crippen molar-refractivity contribution in [1.29, 1.82) is 0 Å². The lowest BCUT2D eigenvalue weighted by atomic mass is 10.1. The first-order valence-corrected chi connectivity index (χ1v) is 13.4. The molecule has 0 unspecified atom stereocenters. The van der Waals surface area contributed by atoms with Crippen LogP contribution in [0, 0.1) is 0 Å². The zero-order valence-electron chi connectivity index (χ0n) is 20.8. The third kappa shape index (κ3) is 7.80. The highest BCUT2D eigenvalue weighted by Gasteiger charge is 2.21. The summed E-state index contributed by atoms with van der Waals surface area (Å²) in [5.74, 6) is -0.625. The molecule has 0 atom stereocenters. The second-order valence-electron chi connectivity index (χ2n) is 7.57. The van der Waals surface area contributed by atoms with Gasteiger partial charge in [-0.25, -0.2) is 10.2 Å². The van der Waals surface area contributed by atoms with Crippen LogP contribution in [0.1, 0.15) is 26.3 Å². The van der Waals surface area contributed by atoms with Gasteiger partial charge in [-0.05, 0) is 68.3 Å². The number of nitrogens with zero attached hydrogens (tertiary/aromatic N) is 1. The van der Waals surface area contributed by atoms with Gasteiger partial charge in [-0.15, -0.1) is 0 Å². The predicted molar refractivity (Wildman–Crippen MR) is 155 cm³/mol. The SMILES string of the molecule is COc1cc(C(=O)Oc2c(Br)cc(Br)cc2/C=N\NC(=O)CNC(=O)c2ccccc2Br)cc(OC)c1OC. The number of nitrogens with one attached hydrogen (secondary N) is 2. The lowest BCUT2D eigenvalue weighted by molar-refractivity contribution is -0.120. The number of benzene rings is 3. The maximum Gasteiger partial charge on any atom is 0.343 e. The largest absolute Gasteiger partial charge is 0.493 e. The molecule has 39 heavy (non-hydrogen) atoms. The first-order valence-electron chi connectivity index (χ1n) is 11.0. The molecule has 0 aromatic heterocycles. The Morgan fingerprint density at radius 3 is 2.15 bits per heavy atom. The van der Waals surface area contributed by atoms with Gasteiger partial charge in [-0.2, -0.15) is 5.10 Å². The fourth-order valence-corrected chi connectivity index (χ4v) is 5.05. The molecule has 0 bridgehead atoms. The van der Waals surface area contributed by atoms with Gasteiger partial charge in [0, 0.05) is 14.5 Å². The third-order valence-corrected chi connectivity index (χ3v) is 6.79. The molecule has 204 valence electrons. The number of amides is 2. The van der Waals surface area contributed by atoms with Crippen molar-refractivity contribution in [3.05, 3.63) is 78.6 Å². The first-order chi connectivity index (χ1) is 18.7. The molecule has 0 aliphatic rings. The number of halogens is 3. The molecule has 0 heterocycles. The van der Waals surface area contributed by atoms with Crippen LogP contribution in [0.3, 0.4) is 0 Å². The van der Waals surface area contributed by atoms with Crippen molar-refractivity contribution < 1.29 is 33.3 Å². The standard InChI is InChI=1S/C26H22Br3N3O7/c1-36-20-9-14(10-21(37-2)24(20)38-3)26(35)39-23-15(8-16(27)11-19(23)29)12-31-32-22(33)13-30-25(34)17-6-4-5-7-18(17)28/h4-12H,13H2,1-3H3,(H,30,34)(H,32,33)/b31-12-. The van der Waals surface area contributed by atoms with E-state index in [2.05, 4.69) is 63.6 Å². The zero-order chi connectivity index (χ0) is 28.5. The Balaban J connectivity index is 1.73. The van der Waals surface area contributed by atoms with Crippen LogP contribution >= 0.6 is 47.8 Å². The van der Waals surface area contributed by atoms with Gasteiger partial charge in [-0.1, -0.05) is 28.1 Å². The summed E-state index contributed by atoms with van der Waals surface area (Å²) >= 11 is 10.1. The van der Waals surface area contributed by atoms with Crippen molar-refractivity contribution in [2.75, 3.05) is 27.9 Å². The monoisotopic (exact) mass is 725 g/mol. The van der Waals surface area contributed by atoms with E-state index in [1.54, 1.807) is 36.4 Å². The number of esters is 1. The molecular formula is C26H22Br3N3O7. The van der Waals surface area contributed by atoms with Crippen molar-refractivity contribution in [3.8, 4) is 23.0 Å². The van der Waals surface area contributed by atoms with E-state index >= 15 is 0 Å². The second kappa shape index (κ2) is 14.1. The average molecular weight is 728 g/mol. The van der Waals surface area contributed by atoms with E-state index in [9.17, 15) is 14.4 Å². The molecule has 3 aromatic rings. The van der Waals surface area contributed by atoms with Crippen molar-refractivity contribution in [2.24, 2.45) is 5.10 Å². The smallest absolute Gasteiger partial charge is 0.343 e. The van der Waals surface area contributed by atoms with E-state index in [-0.39, 0.29) is 29.4 Å². The van der Waals surface area contributed by atoms with Crippen LogP contribution in [0.25, 0.3) is 0 Å². The number of hydrazone groups is 1. The van der Waals surface area contributed by atoms with E-state index in [0.717, 1.165) is 0 Å². The van der Waals surface area contributed by atoms with Gasteiger partial charge in [0.05, 0.1) is 49.7 Å². The molecule has 0 spiro atoms. The molecule has 0 saturated carbocycles. The quantitative estimate of drug-likeness (QED) is 0.129. The summed E-state index contributed by atoms with van der Waals surface area (Å²) in [7, 11) is 4.33. The van der Waals surface area contributed by atoms with Gasteiger partial charge in [0.2, 0.25) is 5.75 Å². The van der Waals surface area contributed by atoms with Gasteiger partial charge < -0.3 is 24.3 Å². The Labute approximate surface area is 249 Å². The van der Waals surface area contributed by atoms with Crippen LogP contribution in [0.5, 0.6) is 23.0 Å². The number of carbonyl (C=O) groups excluding carboxylic acids is 3. The van der Waals surface area contributed by atoms with Crippen molar-refractivity contribution in [1.82, 2.24) is 10.7 Å². The second-order valence-corrected chi connectivity index (χ2v) is 10.2. The Morgan fingerprint density at radius 1 is 0.872 bits per heavy atom. The maximum absolute atomic E-state index is 13.0. The molecule has 10 nitrogen and oxygen atoms in total. The summed E-state index contributed by atoms with van der Waals surface area (Å²) in [4.78, 5) is 37.5. The Bertz CT molecular complexity index is 1400. The normalized spacial score (nSPS) is 10.6. The molecule has 3 aromatic carbocycles. The van der Waals surface area contributed by atoms with Crippen LogP contribution < -0.4 is 29.7 Å². The van der Waals surface area contributed by atoms with Crippen LogP contribution in [0.4, 0.5) is 0 Å². The van der Waals surface area contributed by atoms with E-state index < -0.39 is 17.8 Å². The van der Waals surface area contributed by atoms with Crippen molar-refractivity contribution >= 4 is 71.8 Å². The maximum atomic E-state index is 13.0. The topological polar surface area (TPSA) is 125 Å². The Hall–Kier alpha value is -3.42. The Kier molecular flexibility index (Phi) is 10.9. The molecular weight excluding hydrogens is 706 g/mol. The lowest BCUT2D eigenvalue weighted by Gasteiger charge is -2.15. The summed E-state index contributed by atoms with van der Waals surface area (Å²) in [5, 5.41) is 6.46. The van der Waals surface area contributed by atoms with E-state index in [0.29, 0.717) is 30.3 Å². The highest BCUT2D eigenvalue weighted by molar-refractivity contribution is 9.11. The number of hydrogen-bond donors (Lipinski definition) is 2. The first kappa shape index (κ1) is 30.1. The highest BCUT2D eigenvalue weighted by Crippen LogP contribution is 2.39. The molecule has 3 rings (SSSR count). The summed E-state index contributed by atoms with van der Waals surface area (Å²) in [6.07, 6.45) is 1.31. The fraction of sp³-hybridized carbons (Fsp3) is 0.154. The molecule has 0 fully saturated rings.